The molecule has 1 aromatic heterocycles. The first-order valence-electron chi connectivity index (χ1n) is 11.3. The van der Waals surface area contributed by atoms with Crippen LogP contribution in [-0.2, 0) is 11.3 Å². The summed E-state index contributed by atoms with van der Waals surface area (Å²) in [6.45, 7) is 3.54. The van der Waals surface area contributed by atoms with E-state index in [1.165, 1.54) is 0 Å². The van der Waals surface area contributed by atoms with Gasteiger partial charge in [0.2, 0.25) is 5.91 Å². The number of hydrogen-bond donors (Lipinski definition) is 1. The van der Waals surface area contributed by atoms with Gasteiger partial charge in [-0.05, 0) is 49.6 Å². The summed E-state index contributed by atoms with van der Waals surface area (Å²) in [6, 6.07) is 19.2. The van der Waals surface area contributed by atoms with Gasteiger partial charge in [-0.15, -0.1) is 0 Å². The topological polar surface area (TPSA) is 71.5 Å². The predicted octanol–water partition coefficient (Wildman–Crippen LogP) is 4.23. The Morgan fingerprint density at radius 2 is 1.85 bits per heavy atom. The second-order valence-electron chi connectivity index (χ2n) is 8.42. The van der Waals surface area contributed by atoms with Crippen LogP contribution in [-0.4, -0.2) is 41.9 Å². The first-order valence-corrected chi connectivity index (χ1v) is 11.3. The molecule has 1 atom stereocenters. The average molecular weight is 444 g/mol. The van der Waals surface area contributed by atoms with Crippen molar-refractivity contribution in [1.29, 1.82) is 0 Å². The van der Waals surface area contributed by atoms with Crippen LogP contribution in [0.25, 0.3) is 11.3 Å². The quantitative estimate of drug-likeness (QED) is 0.619. The van der Waals surface area contributed by atoms with Crippen molar-refractivity contribution in [2.45, 2.75) is 26.3 Å². The zero-order valence-electron chi connectivity index (χ0n) is 19.1. The van der Waals surface area contributed by atoms with Crippen LogP contribution >= 0.6 is 0 Å². The standard InChI is InChI=1S/C27H29N3O3/c1-19-7-11-21(12-8-19)25-24(6-3-15-28-25)27(32)30-16-4-5-22(18-30)26(31)29-17-20-9-13-23(33-2)14-10-20/h3,6-15,22H,4-5,16-18H2,1-2H3,(H,29,31)/t22-/m1/s1. The number of benzene rings is 2. The van der Waals surface area contributed by atoms with Crippen molar-refractivity contribution < 1.29 is 14.3 Å². The van der Waals surface area contributed by atoms with Gasteiger partial charge in [0.1, 0.15) is 5.75 Å². The molecule has 0 radical (unpaired) electrons. The van der Waals surface area contributed by atoms with E-state index in [9.17, 15) is 9.59 Å². The number of carbonyl (C=O) groups excluding carboxylic acids is 2. The second-order valence-corrected chi connectivity index (χ2v) is 8.42. The fourth-order valence-corrected chi connectivity index (χ4v) is 4.14. The molecule has 2 amide bonds. The van der Waals surface area contributed by atoms with Gasteiger partial charge in [0.15, 0.2) is 0 Å². The van der Waals surface area contributed by atoms with Crippen molar-refractivity contribution in [1.82, 2.24) is 15.2 Å². The third-order valence-corrected chi connectivity index (χ3v) is 6.07. The summed E-state index contributed by atoms with van der Waals surface area (Å²) in [4.78, 5) is 32.5. The van der Waals surface area contributed by atoms with Crippen molar-refractivity contribution in [3.8, 4) is 17.0 Å². The van der Waals surface area contributed by atoms with Crippen LogP contribution in [0.4, 0.5) is 0 Å². The van der Waals surface area contributed by atoms with Crippen molar-refractivity contribution in [3.05, 3.63) is 83.6 Å². The number of methoxy groups -OCH3 is 1. The summed E-state index contributed by atoms with van der Waals surface area (Å²) in [6.07, 6.45) is 3.28. The maximum atomic E-state index is 13.4. The molecule has 1 saturated heterocycles. The number of aryl methyl sites for hydroxylation is 1. The molecule has 6 heteroatoms. The normalized spacial score (nSPS) is 15.7. The molecule has 33 heavy (non-hydrogen) atoms. The zero-order valence-corrected chi connectivity index (χ0v) is 19.1. The molecular formula is C27H29N3O3. The highest BCUT2D eigenvalue weighted by molar-refractivity contribution is 6.00. The fraction of sp³-hybridized carbons (Fsp3) is 0.296. The molecule has 6 nitrogen and oxygen atoms in total. The van der Waals surface area contributed by atoms with Crippen LogP contribution in [0.1, 0.15) is 34.3 Å². The number of nitrogens with zero attached hydrogens (tertiary/aromatic N) is 2. The summed E-state index contributed by atoms with van der Waals surface area (Å²) in [7, 11) is 1.63. The second kappa shape index (κ2) is 10.3. The predicted molar refractivity (Wildman–Crippen MR) is 128 cm³/mol. The highest BCUT2D eigenvalue weighted by Crippen LogP contribution is 2.25. The Kier molecular flexibility index (Phi) is 7.03. The summed E-state index contributed by atoms with van der Waals surface area (Å²) < 4.78 is 5.17. The lowest BCUT2D eigenvalue weighted by Gasteiger charge is -2.32. The van der Waals surface area contributed by atoms with Crippen molar-refractivity contribution in [3.63, 3.8) is 0 Å². The molecule has 1 aliphatic heterocycles. The van der Waals surface area contributed by atoms with E-state index in [1.54, 1.807) is 24.3 Å². The minimum Gasteiger partial charge on any atom is -0.497 e. The van der Waals surface area contributed by atoms with E-state index in [0.29, 0.717) is 30.9 Å². The lowest BCUT2D eigenvalue weighted by atomic mass is 9.95. The highest BCUT2D eigenvalue weighted by atomic mass is 16.5. The minimum atomic E-state index is -0.222. The molecule has 0 unspecified atom stereocenters. The van der Waals surface area contributed by atoms with E-state index in [-0.39, 0.29) is 17.7 Å². The summed E-state index contributed by atoms with van der Waals surface area (Å²) in [5.41, 5.74) is 4.32. The number of pyridine rings is 1. The SMILES string of the molecule is COc1ccc(CNC(=O)[C@@H]2CCCN(C(=O)c3cccnc3-c3ccc(C)cc3)C2)cc1. The minimum absolute atomic E-state index is 0.0201. The first kappa shape index (κ1) is 22.5. The number of hydrogen-bond acceptors (Lipinski definition) is 4. The van der Waals surface area contributed by atoms with Gasteiger partial charge in [-0.25, -0.2) is 0 Å². The van der Waals surface area contributed by atoms with Gasteiger partial charge in [0, 0.05) is 31.4 Å². The molecule has 0 bridgehead atoms. The van der Waals surface area contributed by atoms with E-state index in [4.69, 9.17) is 4.74 Å². The summed E-state index contributed by atoms with van der Waals surface area (Å²) in [5.74, 6) is 0.465. The van der Waals surface area contributed by atoms with E-state index >= 15 is 0 Å². The Morgan fingerprint density at radius 1 is 1.09 bits per heavy atom. The Labute approximate surface area is 194 Å². The number of aromatic nitrogens is 1. The van der Waals surface area contributed by atoms with Crippen molar-refractivity contribution >= 4 is 11.8 Å². The third-order valence-electron chi connectivity index (χ3n) is 6.07. The zero-order chi connectivity index (χ0) is 23.2. The van der Waals surface area contributed by atoms with Gasteiger partial charge in [-0.3, -0.25) is 14.6 Å². The molecule has 2 heterocycles. The molecule has 0 spiro atoms. The number of likely N-dealkylation sites (tertiary alicyclic amines) is 1. The van der Waals surface area contributed by atoms with E-state index in [0.717, 1.165) is 35.3 Å². The molecule has 1 fully saturated rings. The van der Waals surface area contributed by atoms with E-state index in [2.05, 4.69) is 10.3 Å². The van der Waals surface area contributed by atoms with Crippen LogP contribution in [0.2, 0.25) is 0 Å². The Hall–Kier alpha value is -3.67. The monoisotopic (exact) mass is 443 g/mol. The van der Waals surface area contributed by atoms with Crippen molar-refractivity contribution in [2.75, 3.05) is 20.2 Å². The molecule has 170 valence electrons. The lowest BCUT2D eigenvalue weighted by Crippen LogP contribution is -2.45. The van der Waals surface area contributed by atoms with Crippen LogP contribution in [0.3, 0.4) is 0 Å². The third kappa shape index (κ3) is 5.40. The maximum absolute atomic E-state index is 13.4. The van der Waals surface area contributed by atoms with Gasteiger partial charge in [-0.1, -0.05) is 42.0 Å². The number of rotatable bonds is 6. The number of amides is 2. The van der Waals surface area contributed by atoms with Gasteiger partial charge in [0.25, 0.3) is 5.91 Å². The summed E-state index contributed by atoms with van der Waals surface area (Å²) in [5, 5.41) is 3.02. The molecule has 2 aromatic carbocycles. The Bertz CT molecular complexity index is 1110. The van der Waals surface area contributed by atoms with Crippen LogP contribution in [0.5, 0.6) is 5.75 Å². The van der Waals surface area contributed by atoms with E-state index < -0.39 is 0 Å². The average Bonchev–Trinajstić information content (AvgIpc) is 2.87. The lowest BCUT2D eigenvalue weighted by molar-refractivity contribution is -0.126. The number of ether oxygens (including phenoxy) is 1. The molecule has 4 rings (SSSR count). The Balaban J connectivity index is 1.42. The number of nitrogens with one attached hydrogen (secondary N) is 1. The van der Waals surface area contributed by atoms with Gasteiger partial charge in [-0.2, -0.15) is 0 Å². The van der Waals surface area contributed by atoms with Gasteiger partial charge in [0.05, 0.1) is 24.3 Å². The fourth-order valence-electron chi connectivity index (χ4n) is 4.14. The number of piperidine rings is 1. The highest BCUT2D eigenvalue weighted by Gasteiger charge is 2.30. The van der Waals surface area contributed by atoms with Gasteiger partial charge < -0.3 is 15.0 Å². The summed E-state index contributed by atoms with van der Waals surface area (Å²) >= 11 is 0. The largest absolute Gasteiger partial charge is 0.497 e. The maximum Gasteiger partial charge on any atom is 0.256 e. The van der Waals surface area contributed by atoms with Crippen LogP contribution in [0.15, 0.2) is 66.9 Å². The molecule has 0 saturated carbocycles. The van der Waals surface area contributed by atoms with Crippen molar-refractivity contribution in [2.24, 2.45) is 5.92 Å². The molecular weight excluding hydrogens is 414 g/mol. The van der Waals surface area contributed by atoms with E-state index in [1.807, 2.05) is 61.5 Å². The first-order chi connectivity index (χ1) is 16.0. The molecule has 0 aliphatic carbocycles. The van der Waals surface area contributed by atoms with Crippen LogP contribution in [0, 0.1) is 12.8 Å². The van der Waals surface area contributed by atoms with Crippen LogP contribution < -0.4 is 10.1 Å². The van der Waals surface area contributed by atoms with Gasteiger partial charge >= 0.3 is 0 Å². The smallest absolute Gasteiger partial charge is 0.256 e. The Morgan fingerprint density at radius 3 is 2.58 bits per heavy atom. The molecule has 1 N–H and O–H groups in total. The number of carbonyl (C=O) groups is 2. The molecule has 3 aromatic rings. The molecule has 1 aliphatic rings.